The summed E-state index contributed by atoms with van der Waals surface area (Å²) in [5.41, 5.74) is 0.958. The summed E-state index contributed by atoms with van der Waals surface area (Å²) in [4.78, 5) is 21.4. The first-order chi connectivity index (χ1) is 10.7. The van der Waals surface area contributed by atoms with E-state index in [4.69, 9.17) is 9.78 Å². The molecule has 0 N–H and O–H groups in total. The predicted molar refractivity (Wildman–Crippen MR) is 90.1 cm³/mol. The second-order valence-electron chi connectivity index (χ2n) is 5.61. The molecule has 0 aliphatic carbocycles. The van der Waals surface area contributed by atoms with Crippen LogP contribution >= 0.6 is 0 Å². The molecule has 0 saturated heterocycles. The number of unbranched alkanes of at least 4 members (excludes halogenated alkanes) is 5. The Labute approximate surface area is 134 Å². The number of benzene rings is 1. The molecular formula is C19H28O3. The minimum Gasteiger partial charge on any atom is -0.293 e. The topological polar surface area (TPSA) is 35.5 Å². The first-order valence-corrected chi connectivity index (χ1v) is 8.32. The molecule has 1 aromatic rings. The van der Waals surface area contributed by atoms with E-state index in [0.29, 0.717) is 0 Å². The van der Waals surface area contributed by atoms with Gasteiger partial charge in [0, 0.05) is 6.08 Å². The highest BCUT2D eigenvalue weighted by Crippen LogP contribution is 2.10. The van der Waals surface area contributed by atoms with Crippen LogP contribution in [0.1, 0.15) is 64.4 Å². The number of carbonyl (C=O) groups excluding carboxylic acids is 1. The van der Waals surface area contributed by atoms with Crippen LogP contribution < -0.4 is 0 Å². The van der Waals surface area contributed by atoms with E-state index in [-0.39, 0.29) is 6.10 Å². The van der Waals surface area contributed by atoms with Gasteiger partial charge < -0.3 is 0 Å². The van der Waals surface area contributed by atoms with Crippen molar-refractivity contribution in [3.8, 4) is 0 Å². The lowest BCUT2D eigenvalue weighted by Crippen LogP contribution is -2.12. The van der Waals surface area contributed by atoms with Crippen LogP contribution in [-0.2, 0) is 14.6 Å². The van der Waals surface area contributed by atoms with E-state index < -0.39 is 5.97 Å². The molecule has 22 heavy (non-hydrogen) atoms. The van der Waals surface area contributed by atoms with Crippen molar-refractivity contribution in [2.24, 2.45) is 0 Å². The van der Waals surface area contributed by atoms with Gasteiger partial charge >= 0.3 is 5.97 Å². The summed E-state index contributed by atoms with van der Waals surface area (Å²) in [5.74, 6) is -0.473. The lowest BCUT2D eigenvalue weighted by molar-refractivity contribution is -0.291. The van der Waals surface area contributed by atoms with Crippen LogP contribution in [0.4, 0.5) is 0 Å². The smallest absolute Gasteiger partial charge is 0.293 e. The van der Waals surface area contributed by atoms with Gasteiger partial charge in [-0.05, 0) is 25.0 Å². The molecule has 1 unspecified atom stereocenters. The van der Waals surface area contributed by atoms with Crippen LogP contribution in [0.25, 0.3) is 6.08 Å². The largest absolute Gasteiger partial charge is 0.365 e. The Hall–Kier alpha value is -1.61. The molecule has 0 fully saturated rings. The quantitative estimate of drug-likeness (QED) is 0.240. The standard InChI is InChI=1S/C19H28O3/c1-3-4-5-6-7-9-12-17(2)21-22-19(20)16-15-18-13-10-8-11-14-18/h8,10-11,13-17H,3-7,9,12H2,1-2H3. The molecule has 0 spiro atoms. The van der Waals surface area contributed by atoms with Gasteiger partial charge in [-0.25, -0.2) is 4.79 Å². The minimum atomic E-state index is -0.473. The molecule has 3 nitrogen and oxygen atoms in total. The van der Waals surface area contributed by atoms with E-state index in [1.807, 2.05) is 37.3 Å². The maximum atomic E-state index is 11.5. The van der Waals surface area contributed by atoms with Crippen LogP contribution in [0, 0.1) is 0 Å². The number of carbonyl (C=O) groups is 1. The third kappa shape index (κ3) is 9.35. The summed E-state index contributed by atoms with van der Waals surface area (Å²) < 4.78 is 0. The molecule has 1 rings (SSSR count). The maximum Gasteiger partial charge on any atom is 0.365 e. The van der Waals surface area contributed by atoms with Crippen LogP contribution in [0.2, 0.25) is 0 Å². The zero-order valence-electron chi connectivity index (χ0n) is 13.8. The molecule has 0 aromatic heterocycles. The van der Waals surface area contributed by atoms with Crippen LogP contribution in [0.3, 0.4) is 0 Å². The van der Waals surface area contributed by atoms with E-state index in [0.717, 1.165) is 18.4 Å². The maximum absolute atomic E-state index is 11.5. The van der Waals surface area contributed by atoms with E-state index in [1.54, 1.807) is 6.08 Å². The van der Waals surface area contributed by atoms with Gasteiger partial charge in [-0.2, -0.15) is 4.89 Å². The highest BCUT2D eigenvalue weighted by molar-refractivity contribution is 5.86. The molecular weight excluding hydrogens is 276 g/mol. The molecule has 0 aliphatic heterocycles. The second kappa shape index (κ2) is 12.0. The number of hydrogen-bond donors (Lipinski definition) is 0. The normalized spacial score (nSPS) is 12.5. The van der Waals surface area contributed by atoms with Crippen molar-refractivity contribution in [2.75, 3.05) is 0 Å². The fourth-order valence-corrected chi connectivity index (χ4v) is 2.15. The van der Waals surface area contributed by atoms with Crippen molar-refractivity contribution in [1.29, 1.82) is 0 Å². The predicted octanol–water partition coefficient (Wildman–Crippen LogP) is 5.31. The highest BCUT2D eigenvalue weighted by Gasteiger charge is 2.06. The van der Waals surface area contributed by atoms with E-state index in [9.17, 15) is 4.79 Å². The molecule has 0 heterocycles. The highest BCUT2D eigenvalue weighted by atomic mass is 17.2. The van der Waals surface area contributed by atoms with Gasteiger partial charge in [-0.3, -0.25) is 4.89 Å². The second-order valence-corrected chi connectivity index (χ2v) is 5.61. The molecule has 0 bridgehead atoms. The van der Waals surface area contributed by atoms with Crippen LogP contribution in [0.5, 0.6) is 0 Å². The summed E-state index contributed by atoms with van der Waals surface area (Å²) in [6.07, 6.45) is 11.5. The first kappa shape index (κ1) is 18.4. The summed E-state index contributed by atoms with van der Waals surface area (Å²) in [7, 11) is 0. The molecule has 3 heteroatoms. The average Bonchev–Trinajstić information content (AvgIpc) is 2.55. The Morgan fingerprint density at radius 2 is 1.77 bits per heavy atom. The number of hydrogen-bond acceptors (Lipinski definition) is 3. The van der Waals surface area contributed by atoms with Gasteiger partial charge in [-0.15, -0.1) is 0 Å². The average molecular weight is 304 g/mol. The first-order valence-electron chi connectivity index (χ1n) is 8.32. The lowest BCUT2D eigenvalue weighted by atomic mass is 10.1. The van der Waals surface area contributed by atoms with Gasteiger partial charge in [0.1, 0.15) is 6.10 Å². The summed E-state index contributed by atoms with van der Waals surface area (Å²) in [6.45, 7) is 4.15. The van der Waals surface area contributed by atoms with Crippen molar-refractivity contribution >= 4 is 12.0 Å². The third-order valence-electron chi connectivity index (χ3n) is 3.47. The zero-order valence-corrected chi connectivity index (χ0v) is 13.8. The van der Waals surface area contributed by atoms with Gasteiger partial charge in [0.2, 0.25) is 0 Å². The SMILES string of the molecule is CCCCCCCCC(C)OOC(=O)C=Cc1ccccc1. The van der Waals surface area contributed by atoms with E-state index >= 15 is 0 Å². The summed E-state index contributed by atoms with van der Waals surface area (Å²) >= 11 is 0. The Bertz CT molecular complexity index is 426. The monoisotopic (exact) mass is 304 g/mol. The molecule has 0 aliphatic rings. The molecule has 0 saturated carbocycles. The molecule has 122 valence electrons. The molecule has 0 radical (unpaired) electrons. The Balaban J connectivity index is 2.09. The van der Waals surface area contributed by atoms with Crippen molar-refractivity contribution < 1.29 is 14.6 Å². The fraction of sp³-hybridized carbons (Fsp3) is 0.526. The van der Waals surface area contributed by atoms with E-state index in [1.165, 1.54) is 38.2 Å². The van der Waals surface area contributed by atoms with Crippen LogP contribution in [0.15, 0.2) is 36.4 Å². The lowest BCUT2D eigenvalue weighted by Gasteiger charge is -2.10. The van der Waals surface area contributed by atoms with Gasteiger partial charge in [0.25, 0.3) is 0 Å². The third-order valence-corrected chi connectivity index (χ3v) is 3.47. The Kier molecular flexibility index (Phi) is 10.0. The zero-order chi connectivity index (χ0) is 16.0. The van der Waals surface area contributed by atoms with E-state index in [2.05, 4.69) is 6.92 Å². The number of rotatable bonds is 11. The Morgan fingerprint density at radius 1 is 1.09 bits per heavy atom. The van der Waals surface area contributed by atoms with Crippen molar-refractivity contribution in [1.82, 2.24) is 0 Å². The van der Waals surface area contributed by atoms with Crippen molar-refractivity contribution in [2.45, 2.75) is 64.9 Å². The molecule has 0 amide bonds. The van der Waals surface area contributed by atoms with Gasteiger partial charge in [0.05, 0.1) is 0 Å². The molecule has 1 aromatic carbocycles. The Morgan fingerprint density at radius 3 is 2.50 bits per heavy atom. The van der Waals surface area contributed by atoms with Crippen molar-refractivity contribution in [3.05, 3.63) is 42.0 Å². The summed E-state index contributed by atoms with van der Waals surface area (Å²) in [5, 5.41) is 0. The fourth-order valence-electron chi connectivity index (χ4n) is 2.15. The van der Waals surface area contributed by atoms with Gasteiger partial charge in [0.15, 0.2) is 0 Å². The van der Waals surface area contributed by atoms with Crippen molar-refractivity contribution in [3.63, 3.8) is 0 Å². The summed E-state index contributed by atoms with van der Waals surface area (Å²) in [6, 6.07) is 9.62. The molecule has 1 atom stereocenters. The van der Waals surface area contributed by atoms with Crippen LogP contribution in [-0.4, -0.2) is 12.1 Å². The van der Waals surface area contributed by atoms with Gasteiger partial charge in [-0.1, -0.05) is 75.8 Å². The minimum absolute atomic E-state index is 0.0553.